The standard InChI is InChI=1S/C39H64N12O10S/c1-21(2)13-23(14-30(53)51-61)36(57)47-26(15-24-16-41-20-45-24)37(58)49-33(22(3)4)38(59)44-17-31(54)43-18-32(55)46-25(35(40)56)9-7-8-12-42-29(52)11-6-5-10-28-34-27(19-62-28)48-39(60)50-34/h16,20-23,25-28,33-34,61H,5-15,17-19H2,1-4H3,(H2,40,56)(H,41,45)(H,42,52)(H,43,54)(H,44,59)(H,46,55)(H,47,57)(H,49,58)(H,51,53)(H2,48,50,60)/t23?,25-,26-,27-,28-,33-,34-/m0/s1. The largest absolute Gasteiger partial charge is 0.368 e. The number of nitrogens with zero attached hydrogens (tertiary/aromatic N) is 1. The number of hydrogen-bond acceptors (Lipinski definition) is 12. The molecule has 0 saturated carbocycles. The lowest BCUT2D eigenvalue weighted by molar-refractivity contribution is -0.137. The number of H-pyrrole nitrogens is 1. The van der Waals surface area contributed by atoms with Gasteiger partial charge in [0.1, 0.15) is 18.1 Å². The van der Waals surface area contributed by atoms with E-state index in [9.17, 15) is 43.2 Å². The predicted octanol–water partition coefficient (Wildman–Crippen LogP) is -1.65. The van der Waals surface area contributed by atoms with E-state index in [-0.39, 0.29) is 49.2 Å². The molecule has 7 atom stereocenters. The van der Waals surface area contributed by atoms with E-state index in [0.29, 0.717) is 43.2 Å². The van der Waals surface area contributed by atoms with E-state index in [4.69, 9.17) is 10.9 Å². The average Bonchev–Trinajstić information content (AvgIpc) is 3.96. The molecule has 346 valence electrons. The summed E-state index contributed by atoms with van der Waals surface area (Å²) in [6.45, 7) is 6.36. The van der Waals surface area contributed by atoms with Gasteiger partial charge in [0.25, 0.3) is 0 Å². The summed E-state index contributed by atoms with van der Waals surface area (Å²) < 4.78 is 0. The molecule has 23 heteroatoms. The molecular weight excluding hydrogens is 829 g/mol. The molecule has 62 heavy (non-hydrogen) atoms. The van der Waals surface area contributed by atoms with Crippen molar-refractivity contribution in [2.75, 3.05) is 25.4 Å². The maximum atomic E-state index is 13.6. The van der Waals surface area contributed by atoms with Crippen molar-refractivity contribution in [2.45, 2.75) is 127 Å². The Bertz CT molecular complexity index is 1700. The molecule has 13 N–H and O–H groups in total. The van der Waals surface area contributed by atoms with Gasteiger partial charge in [-0.15, -0.1) is 0 Å². The molecule has 10 amide bonds. The number of primary amides is 1. The van der Waals surface area contributed by atoms with Crippen LogP contribution in [0.5, 0.6) is 0 Å². The SMILES string of the molecule is CC(C)CC(CC(=O)NO)C(=O)N[C@@H](Cc1cnc[nH]1)C(=O)N[C@H](C(=O)NCC(=O)NCC(=O)N[C@@H](CCCCNC(=O)CCCC[C@@H]1SC[C@@H]2NC(=O)N[C@@H]21)C(N)=O)C(C)C. The summed E-state index contributed by atoms with van der Waals surface area (Å²) in [4.78, 5) is 120. The van der Waals surface area contributed by atoms with Gasteiger partial charge >= 0.3 is 6.03 Å². The lowest BCUT2D eigenvalue weighted by Gasteiger charge is -2.26. The van der Waals surface area contributed by atoms with Gasteiger partial charge in [-0.2, -0.15) is 11.8 Å². The van der Waals surface area contributed by atoms with Crippen molar-refractivity contribution in [3.05, 3.63) is 18.2 Å². The Hall–Kier alpha value is -5.45. The second kappa shape index (κ2) is 26.1. The molecule has 0 bridgehead atoms. The number of amides is 10. The summed E-state index contributed by atoms with van der Waals surface area (Å²) in [6.07, 6.45) is 6.92. The fourth-order valence-electron chi connectivity index (χ4n) is 7.14. The molecule has 2 saturated heterocycles. The monoisotopic (exact) mass is 892 g/mol. The zero-order valence-corrected chi connectivity index (χ0v) is 36.6. The normalized spacial score (nSPS) is 18.6. The molecule has 3 rings (SSSR count). The van der Waals surface area contributed by atoms with Crippen LogP contribution < -0.4 is 53.7 Å². The number of hydroxylamine groups is 1. The number of hydrogen-bond donors (Lipinski definition) is 12. The van der Waals surface area contributed by atoms with Gasteiger partial charge in [-0.25, -0.2) is 15.3 Å². The molecular formula is C39H64N12O10S. The first-order valence-corrected chi connectivity index (χ1v) is 22.1. The number of rotatable bonds is 28. The van der Waals surface area contributed by atoms with E-state index >= 15 is 0 Å². The van der Waals surface area contributed by atoms with Gasteiger partial charge < -0.3 is 53.3 Å². The van der Waals surface area contributed by atoms with E-state index in [1.807, 2.05) is 25.6 Å². The number of urea groups is 1. The first kappa shape index (κ1) is 50.9. The van der Waals surface area contributed by atoms with E-state index in [0.717, 1.165) is 25.0 Å². The number of aromatic amines is 1. The van der Waals surface area contributed by atoms with E-state index < -0.39 is 84.4 Å². The van der Waals surface area contributed by atoms with E-state index in [1.165, 1.54) is 18.0 Å². The highest BCUT2D eigenvalue weighted by atomic mass is 32.2. The van der Waals surface area contributed by atoms with Crippen LogP contribution in [0.15, 0.2) is 12.5 Å². The Kier molecular flexibility index (Phi) is 21.4. The number of imidazole rings is 1. The van der Waals surface area contributed by atoms with Gasteiger partial charge in [0.2, 0.25) is 47.3 Å². The third-order valence-corrected chi connectivity index (χ3v) is 11.9. The average molecular weight is 893 g/mol. The molecule has 2 aliphatic rings. The zero-order chi connectivity index (χ0) is 45.8. The smallest absolute Gasteiger partial charge is 0.315 e. The third-order valence-electron chi connectivity index (χ3n) is 10.4. The van der Waals surface area contributed by atoms with Crippen LogP contribution in [-0.4, -0.2) is 129 Å². The van der Waals surface area contributed by atoms with Crippen molar-refractivity contribution >= 4 is 65.1 Å². The molecule has 1 unspecified atom stereocenters. The van der Waals surface area contributed by atoms with Crippen molar-refractivity contribution in [1.82, 2.24) is 58.0 Å². The Morgan fingerprint density at radius 2 is 1.58 bits per heavy atom. The zero-order valence-electron chi connectivity index (χ0n) is 35.8. The number of thioether (sulfide) groups is 1. The first-order valence-electron chi connectivity index (χ1n) is 21.1. The molecule has 2 fully saturated rings. The molecule has 0 aliphatic carbocycles. The second-order valence-corrected chi connectivity index (χ2v) is 17.6. The van der Waals surface area contributed by atoms with Gasteiger partial charge in [-0.1, -0.05) is 34.1 Å². The Morgan fingerprint density at radius 3 is 2.24 bits per heavy atom. The number of carbonyl (C=O) groups is 9. The molecule has 0 spiro atoms. The highest BCUT2D eigenvalue weighted by Gasteiger charge is 2.42. The van der Waals surface area contributed by atoms with Crippen LogP contribution in [-0.2, 0) is 44.8 Å². The summed E-state index contributed by atoms with van der Waals surface area (Å²) in [5.41, 5.74) is 7.51. The van der Waals surface area contributed by atoms with Crippen LogP contribution in [0.3, 0.4) is 0 Å². The van der Waals surface area contributed by atoms with Crippen molar-refractivity contribution < 1.29 is 48.4 Å². The minimum atomic E-state index is -1.20. The van der Waals surface area contributed by atoms with Gasteiger partial charge in [0.15, 0.2) is 0 Å². The fourth-order valence-corrected chi connectivity index (χ4v) is 8.68. The summed E-state index contributed by atoms with van der Waals surface area (Å²) >= 11 is 1.84. The summed E-state index contributed by atoms with van der Waals surface area (Å²) in [7, 11) is 0. The number of fused-ring (bicyclic) bond motifs is 1. The lowest BCUT2D eigenvalue weighted by atomic mass is 9.92. The Labute approximate surface area is 365 Å². The highest BCUT2D eigenvalue weighted by molar-refractivity contribution is 8.00. The Morgan fingerprint density at radius 1 is 0.839 bits per heavy atom. The minimum absolute atomic E-state index is 0.00793. The topological polar surface area (TPSA) is 337 Å². The van der Waals surface area contributed by atoms with Crippen molar-refractivity contribution in [3.63, 3.8) is 0 Å². The highest BCUT2D eigenvalue weighted by Crippen LogP contribution is 2.33. The molecule has 1 aromatic heterocycles. The molecule has 0 aromatic carbocycles. The second-order valence-electron chi connectivity index (χ2n) is 16.4. The summed E-state index contributed by atoms with van der Waals surface area (Å²) in [5, 5.41) is 30.7. The van der Waals surface area contributed by atoms with E-state index in [2.05, 4.69) is 52.5 Å². The van der Waals surface area contributed by atoms with Crippen molar-refractivity contribution in [1.29, 1.82) is 0 Å². The summed E-state index contributed by atoms with van der Waals surface area (Å²) in [5.74, 6) is -5.50. The predicted molar refractivity (Wildman–Crippen MR) is 226 cm³/mol. The van der Waals surface area contributed by atoms with Gasteiger partial charge in [0, 0.05) is 54.6 Å². The summed E-state index contributed by atoms with van der Waals surface area (Å²) in [6, 6.07) is -3.17. The van der Waals surface area contributed by atoms with Crippen LogP contribution in [0.4, 0.5) is 4.79 Å². The number of carbonyl (C=O) groups excluding carboxylic acids is 9. The number of nitrogens with two attached hydrogens (primary N) is 1. The molecule has 2 aliphatic heterocycles. The minimum Gasteiger partial charge on any atom is -0.368 e. The Balaban J connectivity index is 1.37. The van der Waals surface area contributed by atoms with Gasteiger partial charge in [-0.05, 0) is 50.4 Å². The van der Waals surface area contributed by atoms with Crippen molar-refractivity contribution in [2.24, 2.45) is 23.5 Å². The third kappa shape index (κ3) is 17.9. The molecule has 22 nitrogen and oxygen atoms in total. The van der Waals surface area contributed by atoms with Crippen LogP contribution in [0, 0.1) is 17.8 Å². The maximum Gasteiger partial charge on any atom is 0.315 e. The van der Waals surface area contributed by atoms with Crippen LogP contribution >= 0.6 is 11.8 Å². The molecule has 0 radical (unpaired) electrons. The van der Waals surface area contributed by atoms with Crippen LogP contribution in [0.2, 0.25) is 0 Å². The molecule has 3 heterocycles. The van der Waals surface area contributed by atoms with Gasteiger partial charge in [0.05, 0.1) is 31.5 Å². The van der Waals surface area contributed by atoms with Crippen molar-refractivity contribution in [3.8, 4) is 0 Å². The van der Waals surface area contributed by atoms with E-state index in [1.54, 1.807) is 13.8 Å². The quantitative estimate of drug-likeness (QED) is 0.0195. The number of aromatic nitrogens is 2. The lowest BCUT2D eigenvalue weighted by Crippen LogP contribution is -2.57. The number of nitrogens with one attached hydrogen (secondary N) is 10. The van der Waals surface area contributed by atoms with Crippen LogP contribution in [0.25, 0.3) is 0 Å². The first-order chi connectivity index (χ1) is 29.5. The maximum absolute atomic E-state index is 13.6. The number of unbranched alkanes of at least 4 members (excludes halogenated alkanes) is 2. The fraction of sp³-hybridized carbons (Fsp3) is 0.692. The van der Waals surface area contributed by atoms with Gasteiger partial charge in [-0.3, -0.25) is 43.6 Å². The molecule has 1 aromatic rings. The van der Waals surface area contributed by atoms with Crippen LogP contribution in [0.1, 0.15) is 91.2 Å².